The van der Waals surface area contributed by atoms with Gasteiger partial charge in [0.1, 0.15) is 0 Å². The third-order valence-electron chi connectivity index (χ3n) is 1.52. The molecule has 1 atom stereocenters. The summed E-state index contributed by atoms with van der Waals surface area (Å²) in [6.07, 6.45) is 0.445. The molecule has 0 aromatic rings. The Kier molecular flexibility index (Phi) is 2.31. The molecule has 0 radical (unpaired) electrons. The minimum atomic E-state index is -4.13. The van der Waals surface area contributed by atoms with Gasteiger partial charge in [0.15, 0.2) is 0 Å². The first-order valence-corrected chi connectivity index (χ1v) is 3.36. The van der Waals surface area contributed by atoms with Crippen molar-refractivity contribution in [3.8, 4) is 0 Å². The van der Waals surface area contributed by atoms with Crippen molar-refractivity contribution in [2.75, 3.05) is 0 Å². The van der Waals surface area contributed by atoms with E-state index in [2.05, 4.69) is 4.99 Å². The predicted octanol–water partition coefficient (Wildman–Crippen LogP) is 2.54. The van der Waals surface area contributed by atoms with Gasteiger partial charge in [-0.2, -0.15) is 13.2 Å². The van der Waals surface area contributed by atoms with E-state index in [4.69, 9.17) is 0 Å². The van der Waals surface area contributed by atoms with Crippen molar-refractivity contribution in [3.63, 3.8) is 0 Å². The van der Waals surface area contributed by atoms with E-state index < -0.39 is 12.1 Å². The average Bonchev–Trinajstić information content (AvgIpc) is 2.10. The summed E-state index contributed by atoms with van der Waals surface area (Å²) in [5, 5.41) is 0. The van der Waals surface area contributed by atoms with E-state index in [0.717, 1.165) is 6.21 Å². The van der Waals surface area contributed by atoms with Crippen LogP contribution in [0.4, 0.5) is 13.2 Å². The lowest BCUT2D eigenvalue weighted by atomic mass is 10.1. The van der Waals surface area contributed by atoms with Crippen LogP contribution in [0.1, 0.15) is 12.8 Å². The van der Waals surface area contributed by atoms with Gasteiger partial charge in [0.25, 0.3) is 0 Å². The normalized spacial score (nSPS) is 25.2. The third-order valence-corrected chi connectivity index (χ3v) is 1.52. The van der Waals surface area contributed by atoms with E-state index in [1.54, 1.807) is 6.08 Å². The Bertz CT molecular complexity index is 181. The monoisotopic (exact) mass is 163 g/mol. The van der Waals surface area contributed by atoms with Crippen molar-refractivity contribution < 1.29 is 13.2 Å². The van der Waals surface area contributed by atoms with Crippen molar-refractivity contribution in [3.05, 3.63) is 12.3 Å². The second kappa shape index (κ2) is 3.07. The lowest BCUT2D eigenvalue weighted by Gasteiger charge is -2.13. The molecule has 0 fully saturated rings. The molecule has 1 aliphatic rings. The molecule has 1 rings (SSSR count). The fourth-order valence-corrected chi connectivity index (χ4v) is 0.887. The molecule has 0 saturated carbocycles. The molecule has 0 N–H and O–H groups in total. The van der Waals surface area contributed by atoms with Gasteiger partial charge in [-0.1, -0.05) is 6.08 Å². The summed E-state index contributed by atoms with van der Waals surface area (Å²) in [5.74, 6) is -1.36. The summed E-state index contributed by atoms with van der Waals surface area (Å²) in [4.78, 5) is 3.49. The first-order chi connectivity index (χ1) is 5.11. The SMILES string of the molecule is FC(F)(F)C1C=NC=CCC1. The molecule has 1 nitrogen and oxygen atoms in total. The molecule has 1 unspecified atom stereocenters. The van der Waals surface area contributed by atoms with Crippen LogP contribution in [-0.2, 0) is 0 Å². The molecule has 1 heterocycles. The average molecular weight is 163 g/mol. The van der Waals surface area contributed by atoms with Crippen LogP contribution in [0.15, 0.2) is 17.3 Å². The molecule has 62 valence electrons. The lowest BCUT2D eigenvalue weighted by molar-refractivity contribution is -0.155. The minimum absolute atomic E-state index is 0.115. The van der Waals surface area contributed by atoms with Crippen LogP contribution in [0.2, 0.25) is 0 Å². The maximum absolute atomic E-state index is 12.0. The number of alkyl halides is 3. The highest BCUT2D eigenvalue weighted by Gasteiger charge is 2.37. The van der Waals surface area contributed by atoms with Crippen molar-refractivity contribution in [2.45, 2.75) is 19.0 Å². The number of hydrogen-bond donors (Lipinski definition) is 0. The van der Waals surface area contributed by atoms with Crippen molar-refractivity contribution in [1.82, 2.24) is 0 Å². The van der Waals surface area contributed by atoms with Gasteiger partial charge < -0.3 is 0 Å². The second-order valence-corrected chi connectivity index (χ2v) is 2.41. The number of allylic oxidation sites excluding steroid dienone is 1. The maximum atomic E-state index is 12.0. The Morgan fingerprint density at radius 2 is 2.09 bits per heavy atom. The van der Waals surface area contributed by atoms with Gasteiger partial charge in [-0.15, -0.1) is 0 Å². The molecular weight excluding hydrogens is 155 g/mol. The summed E-state index contributed by atoms with van der Waals surface area (Å²) in [6, 6.07) is 0. The van der Waals surface area contributed by atoms with Crippen molar-refractivity contribution >= 4 is 6.21 Å². The quantitative estimate of drug-likeness (QED) is 0.520. The Morgan fingerprint density at radius 3 is 2.73 bits per heavy atom. The van der Waals surface area contributed by atoms with Gasteiger partial charge in [0.05, 0.1) is 5.92 Å². The molecule has 0 bridgehead atoms. The molecule has 0 spiro atoms. The maximum Gasteiger partial charge on any atom is 0.396 e. The van der Waals surface area contributed by atoms with Gasteiger partial charge in [-0.3, -0.25) is 4.99 Å². The van der Waals surface area contributed by atoms with E-state index in [0.29, 0.717) is 6.42 Å². The molecule has 1 aliphatic heterocycles. The van der Waals surface area contributed by atoms with Gasteiger partial charge >= 0.3 is 6.18 Å². The minimum Gasteiger partial charge on any atom is -0.269 e. The fourth-order valence-electron chi connectivity index (χ4n) is 0.887. The highest BCUT2D eigenvalue weighted by molar-refractivity contribution is 5.62. The Labute approximate surface area is 62.6 Å². The molecule has 0 amide bonds. The van der Waals surface area contributed by atoms with Crippen LogP contribution in [0.3, 0.4) is 0 Å². The molecule has 0 aliphatic carbocycles. The van der Waals surface area contributed by atoms with Crippen LogP contribution in [0.5, 0.6) is 0 Å². The summed E-state index contributed by atoms with van der Waals surface area (Å²) in [5.41, 5.74) is 0. The predicted molar refractivity (Wildman–Crippen MR) is 36.4 cm³/mol. The molecule has 0 aromatic heterocycles. The van der Waals surface area contributed by atoms with Gasteiger partial charge in [-0.05, 0) is 12.8 Å². The first kappa shape index (κ1) is 8.30. The third kappa shape index (κ3) is 2.37. The van der Waals surface area contributed by atoms with E-state index in [9.17, 15) is 13.2 Å². The number of nitrogens with zero attached hydrogens (tertiary/aromatic N) is 1. The van der Waals surface area contributed by atoms with E-state index in [-0.39, 0.29) is 6.42 Å². The fraction of sp³-hybridized carbons (Fsp3) is 0.571. The van der Waals surface area contributed by atoms with E-state index >= 15 is 0 Å². The number of halogens is 3. The van der Waals surface area contributed by atoms with Crippen LogP contribution in [-0.4, -0.2) is 12.4 Å². The zero-order valence-electron chi connectivity index (χ0n) is 5.80. The topological polar surface area (TPSA) is 12.4 Å². The molecule has 11 heavy (non-hydrogen) atoms. The Morgan fingerprint density at radius 1 is 1.36 bits per heavy atom. The van der Waals surface area contributed by atoms with E-state index in [1.807, 2.05) is 0 Å². The highest BCUT2D eigenvalue weighted by Crippen LogP contribution is 2.29. The molecule has 0 saturated heterocycles. The zero-order valence-corrected chi connectivity index (χ0v) is 5.80. The summed E-state index contributed by atoms with van der Waals surface area (Å²) in [7, 11) is 0. The van der Waals surface area contributed by atoms with Gasteiger partial charge in [0, 0.05) is 12.4 Å². The van der Waals surface area contributed by atoms with Crippen molar-refractivity contribution in [1.29, 1.82) is 0 Å². The van der Waals surface area contributed by atoms with Crippen molar-refractivity contribution in [2.24, 2.45) is 10.9 Å². The molecular formula is C7H8F3N. The summed E-state index contributed by atoms with van der Waals surface area (Å²) >= 11 is 0. The number of hydrogen-bond acceptors (Lipinski definition) is 1. The first-order valence-electron chi connectivity index (χ1n) is 3.36. The lowest BCUT2D eigenvalue weighted by Crippen LogP contribution is -2.23. The van der Waals surface area contributed by atoms with Crippen LogP contribution >= 0.6 is 0 Å². The van der Waals surface area contributed by atoms with Crippen LogP contribution < -0.4 is 0 Å². The number of rotatable bonds is 0. The zero-order chi connectivity index (χ0) is 8.32. The van der Waals surface area contributed by atoms with Crippen LogP contribution in [0.25, 0.3) is 0 Å². The number of aliphatic imine (C=N–C) groups is 1. The molecule has 4 heteroatoms. The highest BCUT2D eigenvalue weighted by atomic mass is 19.4. The Balaban J connectivity index is 2.61. The van der Waals surface area contributed by atoms with Gasteiger partial charge in [-0.25, -0.2) is 0 Å². The summed E-state index contributed by atoms with van der Waals surface area (Å²) < 4.78 is 36.0. The van der Waals surface area contributed by atoms with E-state index in [1.165, 1.54) is 6.20 Å². The van der Waals surface area contributed by atoms with Crippen LogP contribution in [0, 0.1) is 5.92 Å². The second-order valence-electron chi connectivity index (χ2n) is 2.41. The Hall–Kier alpha value is -0.800. The molecule has 0 aromatic carbocycles. The standard InChI is InChI=1S/C7H8F3N/c8-7(9,10)6-3-1-2-4-11-5-6/h2,4-6H,1,3H2. The smallest absolute Gasteiger partial charge is 0.269 e. The summed E-state index contributed by atoms with van der Waals surface area (Å²) in [6.45, 7) is 0. The largest absolute Gasteiger partial charge is 0.396 e. The van der Waals surface area contributed by atoms with Gasteiger partial charge in [0.2, 0.25) is 0 Å².